The van der Waals surface area contributed by atoms with Gasteiger partial charge in [-0.3, -0.25) is 4.79 Å². The van der Waals surface area contributed by atoms with Gasteiger partial charge in [0.05, 0.1) is 24.2 Å². The van der Waals surface area contributed by atoms with Crippen molar-refractivity contribution >= 4 is 11.6 Å². The summed E-state index contributed by atoms with van der Waals surface area (Å²) in [6, 6.07) is 13.4. The number of carbonyl (C=O) groups is 1. The Morgan fingerprint density at radius 1 is 1.16 bits per heavy atom. The molecule has 0 spiro atoms. The average Bonchev–Trinajstić information content (AvgIpc) is 2.93. The van der Waals surface area contributed by atoms with Gasteiger partial charge in [0.1, 0.15) is 0 Å². The number of hydrogen-bond acceptors (Lipinski definition) is 3. The molecule has 0 aliphatic carbocycles. The van der Waals surface area contributed by atoms with Crippen LogP contribution in [0.1, 0.15) is 21.7 Å². The van der Waals surface area contributed by atoms with Crippen molar-refractivity contribution in [3.63, 3.8) is 0 Å². The minimum atomic E-state index is -0.581. The first-order valence-electron chi connectivity index (χ1n) is 7.77. The van der Waals surface area contributed by atoms with Crippen molar-refractivity contribution in [2.45, 2.75) is 13.8 Å². The Bertz CT molecular complexity index is 934. The van der Waals surface area contributed by atoms with E-state index in [2.05, 4.69) is 10.4 Å². The number of rotatable bonds is 4. The highest BCUT2D eigenvalue weighted by Crippen LogP contribution is 2.23. The number of amides is 1. The summed E-state index contributed by atoms with van der Waals surface area (Å²) in [7, 11) is 1.38. The number of benzene rings is 2. The van der Waals surface area contributed by atoms with Crippen LogP contribution in [0.5, 0.6) is 5.75 Å². The average molecular weight is 339 g/mol. The smallest absolute Gasteiger partial charge is 0.255 e. The lowest BCUT2D eigenvalue weighted by atomic mass is 10.2. The number of halogens is 1. The molecule has 128 valence electrons. The second-order valence-electron chi connectivity index (χ2n) is 5.66. The zero-order valence-electron chi connectivity index (χ0n) is 14.2. The lowest BCUT2D eigenvalue weighted by molar-refractivity contribution is 0.102. The molecule has 1 heterocycles. The van der Waals surface area contributed by atoms with Gasteiger partial charge in [-0.25, -0.2) is 9.07 Å². The molecule has 0 unspecified atom stereocenters. The van der Waals surface area contributed by atoms with Gasteiger partial charge in [-0.1, -0.05) is 12.1 Å². The lowest BCUT2D eigenvalue weighted by Crippen LogP contribution is -2.14. The number of nitrogens with one attached hydrogen (secondary N) is 1. The number of nitrogens with zero attached hydrogens (tertiary/aromatic N) is 2. The second-order valence-corrected chi connectivity index (χ2v) is 5.66. The Morgan fingerprint density at radius 2 is 1.92 bits per heavy atom. The fraction of sp³-hybridized carbons (Fsp3) is 0.158. The van der Waals surface area contributed by atoms with Gasteiger partial charge in [-0.15, -0.1) is 0 Å². The zero-order valence-corrected chi connectivity index (χ0v) is 14.2. The van der Waals surface area contributed by atoms with Crippen LogP contribution in [0.3, 0.4) is 0 Å². The Hall–Kier alpha value is -3.15. The third-order valence-corrected chi connectivity index (χ3v) is 3.80. The summed E-state index contributed by atoms with van der Waals surface area (Å²) >= 11 is 0. The van der Waals surface area contributed by atoms with Gasteiger partial charge < -0.3 is 10.1 Å². The number of hydrogen-bond donors (Lipinski definition) is 1. The molecule has 3 aromatic rings. The van der Waals surface area contributed by atoms with E-state index in [1.54, 1.807) is 10.7 Å². The predicted octanol–water partition coefficient (Wildman–Crippen LogP) is 3.89. The molecule has 0 bridgehead atoms. The van der Waals surface area contributed by atoms with E-state index in [1.807, 2.05) is 38.1 Å². The van der Waals surface area contributed by atoms with E-state index in [4.69, 9.17) is 4.74 Å². The van der Waals surface area contributed by atoms with Gasteiger partial charge in [0.25, 0.3) is 5.91 Å². The molecule has 25 heavy (non-hydrogen) atoms. The van der Waals surface area contributed by atoms with Gasteiger partial charge in [-0.05, 0) is 50.2 Å². The quantitative estimate of drug-likeness (QED) is 0.784. The van der Waals surface area contributed by atoms with E-state index in [1.165, 1.54) is 19.2 Å². The Kier molecular flexibility index (Phi) is 4.52. The van der Waals surface area contributed by atoms with Crippen LogP contribution in [0.2, 0.25) is 0 Å². The van der Waals surface area contributed by atoms with Crippen LogP contribution in [-0.2, 0) is 0 Å². The molecule has 6 heteroatoms. The normalized spacial score (nSPS) is 10.6. The van der Waals surface area contributed by atoms with Crippen molar-refractivity contribution in [1.82, 2.24) is 9.78 Å². The number of carbonyl (C=O) groups excluding carboxylic acids is 1. The maximum Gasteiger partial charge on any atom is 0.255 e. The van der Waals surface area contributed by atoms with Crippen LogP contribution in [0.15, 0.2) is 48.5 Å². The molecule has 0 fully saturated rings. The molecule has 0 radical (unpaired) electrons. The van der Waals surface area contributed by atoms with Crippen LogP contribution in [0.4, 0.5) is 10.1 Å². The molecular formula is C19H18FN3O2. The standard InChI is InChI=1S/C19H18FN3O2/c1-12-10-13(2)23(22-12)17-7-5-4-6-16(17)21-19(24)14-8-9-18(25-3)15(20)11-14/h4-11H,1-3H3,(H,21,24). The van der Waals surface area contributed by atoms with Crippen molar-refractivity contribution in [1.29, 1.82) is 0 Å². The monoisotopic (exact) mass is 339 g/mol. The summed E-state index contributed by atoms with van der Waals surface area (Å²) in [4.78, 5) is 12.5. The van der Waals surface area contributed by atoms with Crippen molar-refractivity contribution in [3.05, 3.63) is 71.3 Å². The summed E-state index contributed by atoms with van der Waals surface area (Å²) < 4.78 is 20.5. The van der Waals surface area contributed by atoms with E-state index in [0.717, 1.165) is 23.1 Å². The largest absolute Gasteiger partial charge is 0.494 e. The number of ether oxygens (including phenoxy) is 1. The van der Waals surface area contributed by atoms with Crippen LogP contribution in [0, 0.1) is 19.7 Å². The van der Waals surface area contributed by atoms with Crippen LogP contribution >= 0.6 is 0 Å². The number of aryl methyl sites for hydroxylation is 2. The Labute approximate surface area is 145 Å². The Balaban J connectivity index is 1.92. The molecule has 1 amide bonds. The topological polar surface area (TPSA) is 56.1 Å². The summed E-state index contributed by atoms with van der Waals surface area (Å²) in [6.45, 7) is 3.85. The zero-order chi connectivity index (χ0) is 18.0. The van der Waals surface area contributed by atoms with E-state index in [0.29, 0.717) is 5.69 Å². The maximum absolute atomic E-state index is 13.8. The van der Waals surface area contributed by atoms with Crippen molar-refractivity contribution in [2.75, 3.05) is 12.4 Å². The summed E-state index contributed by atoms with van der Waals surface area (Å²) in [5.41, 5.74) is 3.39. The third kappa shape index (κ3) is 3.38. The van der Waals surface area contributed by atoms with Crippen molar-refractivity contribution in [3.8, 4) is 11.4 Å². The molecule has 0 aliphatic rings. The third-order valence-electron chi connectivity index (χ3n) is 3.80. The fourth-order valence-electron chi connectivity index (χ4n) is 2.64. The van der Waals surface area contributed by atoms with Gasteiger partial charge >= 0.3 is 0 Å². The van der Waals surface area contributed by atoms with Crippen LogP contribution < -0.4 is 10.1 Å². The van der Waals surface area contributed by atoms with E-state index >= 15 is 0 Å². The molecule has 3 rings (SSSR count). The fourth-order valence-corrected chi connectivity index (χ4v) is 2.64. The molecule has 0 aliphatic heterocycles. The highest BCUT2D eigenvalue weighted by atomic mass is 19.1. The molecular weight excluding hydrogens is 321 g/mol. The number of methoxy groups -OCH3 is 1. The first-order chi connectivity index (χ1) is 12.0. The van der Waals surface area contributed by atoms with Gasteiger partial charge in [0, 0.05) is 11.3 Å². The van der Waals surface area contributed by atoms with Gasteiger partial charge in [0.2, 0.25) is 0 Å². The summed E-state index contributed by atoms with van der Waals surface area (Å²) in [5, 5.41) is 7.27. The summed E-state index contributed by atoms with van der Waals surface area (Å²) in [5.74, 6) is -0.892. The number of para-hydroxylation sites is 2. The van der Waals surface area contributed by atoms with Crippen molar-refractivity contribution in [2.24, 2.45) is 0 Å². The molecule has 0 saturated heterocycles. The Morgan fingerprint density at radius 3 is 2.56 bits per heavy atom. The van der Waals surface area contributed by atoms with Crippen LogP contribution in [0.25, 0.3) is 5.69 Å². The second kappa shape index (κ2) is 6.76. The molecule has 0 saturated carbocycles. The van der Waals surface area contributed by atoms with E-state index in [-0.39, 0.29) is 11.3 Å². The molecule has 1 N–H and O–H groups in total. The first-order valence-corrected chi connectivity index (χ1v) is 7.77. The maximum atomic E-state index is 13.8. The highest BCUT2D eigenvalue weighted by molar-refractivity contribution is 6.05. The minimum absolute atomic E-state index is 0.0968. The highest BCUT2D eigenvalue weighted by Gasteiger charge is 2.14. The lowest BCUT2D eigenvalue weighted by Gasteiger charge is -2.13. The number of anilines is 1. The van der Waals surface area contributed by atoms with Gasteiger partial charge in [-0.2, -0.15) is 5.10 Å². The van der Waals surface area contributed by atoms with Crippen molar-refractivity contribution < 1.29 is 13.9 Å². The van der Waals surface area contributed by atoms with Gasteiger partial charge in [0.15, 0.2) is 11.6 Å². The number of aromatic nitrogens is 2. The van der Waals surface area contributed by atoms with Crippen LogP contribution in [-0.4, -0.2) is 22.8 Å². The SMILES string of the molecule is COc1ccc(C(=O)Nc2ccccc2-n2nc(C)cc2C)cc1F. The first kappa shape index (κ1) is 16.7. The predicted molar refractivity (Wildman–Crippen MR) is 93.9 cm³/mol. The molecule has 0 atom stereocenters. The summed E-state index contributed by atoms with van der Waals surface area (Å²) in [6.07, 6.45) is 0. The minimum Gasteiger partial charge on any atom is -0.494 e. The molecule has 1 aromatic heterocycles. The molecule has 5 nitrogen and oxygen atoms in total. The molecule has 2 aromatic carbocycles. The van der Waals surface area contributed by atoms with E-state index in [9.17, 15) is 9.18 Å². The van der Waals surface area contributed by atoms with E-state index < -0.39 is 11.7 Å².